The SMILES string of the molecule is Cc1ccc(F)c(Nc2c(F)cc(C(N)=S)cc2F)c1. The van der Waals surface area contributed by atoms with Gasteiger partial charge >= 0.3 is 0 Å². The number of halogens is 3. The van der Waals surface area contributed by atoms with E-state index in [1.807, 2.05) is 0 Å². The molecular weight excluding hydrogens is 285 g/mol. The summed E-state index contributed by atoms with van der Waals surface area (Å²) in [6.07, 6.45) is 0. The predicted octanol–water partition coefficient (Wildman–Crippen LogP) is 3.79. The predicted molar refractivity (Wildman–Crippen MR) is 76.7 cm³/mol. The van der Waals surface area contributed by atoms with Crippen molar-refractivity contribution in [3.8, 4) is 0 Å². The first-order valence-electron chi connectivity index (χ1n) is 5.70. The summed E-state index contributed by atoms with van der Waals surface area (Å²) in [5.74, 6) is -2.39. The first-order valence-corrected chi connectivity index (χ1v) is 6.11. The quantitative estimate of drug-likeness (QED) is 0.846. The lowest BCUT2D eigenvalue weighted by molar-refractivity contribution is 0.589. The summed E-state index contributed by atoms with van der Waals surface area (Å²) in [4.78, 5) is -0.115. The summed E-state index contributed by atoms with van der Waals surface area (Å²) in [6.45, 7) is 1.74. The van der Waals surface area contributed by atoms with Crippen LogP contribution in [0.25, 0.3) is 0 Å². The number of benzene rings is 2. The second-order valence-corrected chi connectivity index (χ2v) is 4.73. The zero-order valence-electron chi connectivity index (χ0n) is 10.5. The molecule has 0 aliphatic rings. The Hall–Kier alpha value is -2.08. The molecule has 0 fully saturated rings. The lowest BCUT2D eigenvalue weighted by Crippen LogP contribution is -2.11. The molecule has 0 bridgehead atoms. The van der Waals surface area contributed by atoms with Crippen LogP contribution in [-0.4, -0.2) is 4.99 Å². The molecule has 6 heteroatoms. The molecule has 0 spiro atoms. The zero-order valence-corrected chi connectivity index (χ0v) is 11.3. The Morgan fingerprint density at radius 1 is 1.05 bits per heavy atom. The highest BCUT2D eigenvalue weighted by atomic mass is 32.1. The van der Waals surface area contributed by atoms with E-state index < -0.39 is 23.1 Å². The van der Waals surface area contributed by atoms with Crippen LogP contribution in [0.2, 0.25) is 0 Å². The molecule has 104 valence electrons. The molecule has 2 aromatic carbocycles. The maximum absolute atomic E-state index is 13.8. The van der Waals surface area contributed by atoms with Crippen LogP contribution in [-0.2, 0) is 0 Å². The first kappa shape index (κ1) is 14.3. The number of rotatable bonds is 3. The molecule has 3 N–H and O–H groups in total. The Morgan fingerprint density at radius 2 is 1.65 bits per heavy atom. The summed E-state index contributed by atoms with van der Waals surface area (Å²) in [7, 11) is 0. The van der Waals surface area contributed by atoms with Gasteiger partial charge in [-0.05, 0) is 36.8 Å². The van der Waals surface area contributed by atoms with Crippen molar-refractivity contribution in [1.82, 2.24) is 0 Å². The third kappa shape index (κ3) is 2.91. The minimum atomic E-state index is -0.895. The van der Waals surface area contributed by atoms with Crippen molar-refractivity contribution in [2.45, 2.75) is 6.92 Å². The first-order chi connectivity index (χ1) is 9.38. The molecule has 0 radical (unpaired) electrons. The molecule has 2 nitrogen and oxygen atoms in total. The number of aryl methyl sites for hydroxylation is 1. The van der Waals surface area contributed by atoms with Gasteiger partial charge in [0.2, 0.25) is 0 Å². The van der Waals surface area contributed by atoms with Crippen molar-refractivity contribution in [2.75, 3.05) is 5.32 Å². The van der Waals surface area contributed by atoms with Crippen molar-refractivity contribution < 1.29 is 13.2 Å². The molecule has 0 aliphatic heterocycles. The van der Waals surface area contributed by atoms with Crippen LogP contribution in [0.1, 0.15) is 11.1 Å². The van der Waals surface area contributed by atoms with Crippen LogP contribution in [0.5, 0.6) is 0 Å². The molecule has 0 aliphatic carbocycles. The van der Waals surface area contributed by atoms with Gasteiger partial charge in [-0.2, -0.15) is 0 Å². The maximum Gasteiger partial charge on any atom is 0.150 e. The standard InChI is InChI=1S/C14H11F3N2S/c1-7-2-3-9(15)12(4-7)19-13-10(16)5-8(14(18)20)6-11(13)17/h2-6,19H,1H3,(H2,18,20). The Labute approximate surface area is 119 Å². The third-order valence-electron chi connectivity index (χ3n) is 2.71. The van der Waals surface area contributed by atoms with Gasteiger partial charge in [0, 0.05) is 5.56 Å². The zero-order chi connectivity index (χ0) is 14.9. The van der Waals surface area contributed by atoms with E-state index in [-0.39, 0.29) is 16.2 Å². The molecule has 0 saturated carbocycles. The number of anilines is 2. The Bertz CT molecular complexity index is 663. The highest BCUT2D eigenvalue weighted by Gasteiger charge is 2.14. The van der Waals surface area contributed by atoms with Gasteiger partial charge in [0.25, 0.3) is 0 Å². The van der Waals surface area contributed by atoms with E-state index in [4.69, 9.17) is 5.73 Å². The van der Waals surface area contributed by atoms with E-state index in [0.29, 0.717) is 0 Å². The van der Waals surface area contributed by atoms with Gasteiger partial charge in [0.1, 0.15) is 28.1 Å². The summed E-state index contributed by atoms with van der Waals surface area (Å²) >= 11 is 4.66. The number of thiocarbonyl (C=S) groups is 1. The maximum atomic E-state index is 13.8. The molecular formula is C14H11F3N2S. The fourth-order valence-corrected chi connectivity index (χ4v) is 1.82. The van der Waals surface area contributed by atoms with Gasteiger partial charge in [0.15, 0.2) is 0 Å². The molecule has 0 aromatic heterocycles. The summed E-state index contributed by atoms with van der Waals surface area (Å²) < 4.78 is 41.3. The topological polar surface area (TPSA) is 38.0 Å². The summed E-state index contributed by atoms with van der Waals surface area (Å²) in [5, 5.41) is 2.41. The minimum absolute atomic E-state index is 0.00845. The second-order valence-electron chi connectivity index (χ2n) is 4.29. The average Bonchev–Trinajstić information content (AvgIpc) is 2.37. The van der Waals surface area contributed by atoms with E-state index in [2.05, 4.69) is 17.5 Å². The van der Waals surface area contributed by atoms with Crippen LogP contribution >= 0.6 is 12.2 Å². The molecule has 2 aromatic rings. The fraction of sp³-hybridized carbons (Fsp3) is 0.0714. The molecule has 0 saturated heterocycles. The third-order valence-corrected chi connectivity index (χ3v) is 2.94. The molecule has 0 unspecified atom stereocenters. The smallest absolute Gasteiger partial charge is 0.150 e. The van der Waals surface area contributed by atoms with Crippen LogP contribution in [0, 0.1) is 24.4 Å². The minimum Gasteiger partial charge on any atom is -0.389 e. The Balaban J connectivity index is 2.44. The number of nitrogens with one attached hydrogen (secondary N) is 1. The Kier molecular flexibility index (Phi) is 3.94. The molecule has 0 heterocycles. The second kappa shape index (κ2) is 5.50. The highest BCUT2D eigenvalue weighted by molar-refractivity contribution is 7.80. The van der Waals surface area contributed by atoms with Crippen LogP contribution < -0.4 is 11.1 Å². The van der Waals surface area contributed by atoms with Gasteiger partial charge in [-0.3, -0.25) is 0 Å². The number of nitrogens with two attached hydrogens (primary N) is 1. The van der Waals surface area contributed by atoms with Crippen molar-refractivity contribution in [2.24, 2.45) is 5.73 Å². The fourth-order valence-electron chi connectivity index (χ4n) is 1.70. The van der Waals surface area contributed by atoms with E-state index in [0.717, 1.165) is 17.7 Å². The number of hydrogen-bond acceptors (Lipinski definition) is 2. The van der Waals surface area contributed by atoms with Crippen molar-refractivity contribution >= 4 is 28.6 Å². The summed E-state index contributed by atoms with van der Waals surface area (Å²) in [6, 6.07) is 6.23. The highest BCUT2D eigenvalue weighted by Crippen LogP contribution is 2.27. The molecule has 0 atom stereocenters. The van der Waals surface area contributed by atoms with Gasteiger partial charge in [-0.25, -0.2) is 13.2 Å². The van der Waals surface area contributed by atoms with E-state index in [1.54, 1.807) is 13.0 Å². The summed E-state index contributed by atoms with van der Waals surface area (Å²) in [5.41, 5.74) is 5.69. The van der Waals surface area contributed by atoms with Gasteiger partial charge in [-0.1, -0.05) is 18.3 Å². The van der Waals surface area contributed by atoms with Gasteiger partial charge in [-0.15, -0.1) is 0 Å². The molecule has 0 amide bonds. The number of hydrogen-bond donors (Lipinski definition) is 2. The van der Waals surface area contributed by atoms with Crippen molar-refractivity contribution in [3.63, 3.8) is 0 Å². The monoisotopic (exact) mass is 296 g/mol. The largest absolute Gasteiger partial charge is 0.389 e. The van der Waals surface area contributed by atoms with Crippen molar-refractivity contribution in [3.05, 3.63) is 58.9 Å². The normalized spacial score (nSPS) is 10.4. The van der Waals surface area contributed by atoms with Gasteiger partial charge < -0.3 is 11.1 Å². The van der Waals surface area contributed by atoms with E-state index in [1.165, 1.54) is 12.1 Å². The van der Waals surface area contributed by atoms with Gasteiger partial charge in [0.05, 0.1) is 5.69 Å². The van der Waals surface area contributed by atoms with E-state index >= 15 is 0 Å². The van der Waals surface area contributed by atoms with Crippen LogP contribution in [0.3, 0.4) is 0 Å². The van der Waals surface area contributed by atoms with Crippen LogP contribution in [0.4, 0.5) is 24.5 Å². The average molecular weight is 296 g/mol. The molecule has 2 rings (SSSR count). The van der Waals surface area contributed by atoms with Crippen molar-refractivity contribution in [1.29, 1.82) is 0 Å². The van der Waals surface area contributed by atoms with E-state index in [9.17, 15) is 13.2 Å². The van der Waals surface area contributed by atoms with Crippen LogP contribution in [0.15, 0.2) is 30.3 Å². The lowest BCUT2D eigenvalue weighted by atomic mass is 10.1. The molecule has 20 heavy (non-hydrogen) atoms. The Morgan fingerprint density at radius 3 is 2.20 bits per heavy atom. The lowest BCUT2D eigenvalue weighted by Gasteiger charge is -2.11.